The van der Waals surface area contributed by atoms with Gasteiger partial charge in [-0.2, -0.15) is 0 Å². The molecule has 0 saturated heterocycles. The molecule has 3 heterocycles. The molecule has 8 rings (SSSR count). The number of hydrogen-bond acceptors (Lipinski definition) is 3. The first kappa shape index (κ1) is 22.5. The lowest BCUT2D eigenvalue weighted by Crippen LogP contribution is -2.03. The standard InChI is InChI=1S/C36H23N3O/c1-3-12-24(13-4-1)26-16-9-17-27(25-14-5-2-6-15-25)33(26)39-32-22-8-7-21-31(32)38-35(39)30-19-10-18-28-29-20-11-23-37-36(29)40-34(28)30/h1-23H. The normalized spacial score (nSPS) is 11.5. The zero-order valence-electron chi connectivity index (χ0n) is 21.5. The van der Waals surface area contributed by atoms with Gasteiger partial charge in [-0.25, -0.2) is 9.97 Å². The Morgan fingerprint density at radius 3 is 1.90 bits per heavy atom. The summed E-state index contributed by atoms with van der Waals surface area (Å²) in [6.07, 6.45) is 1.77. The van der Waals surface area contributed by atoms with E-state index in [0.29, 0.717) is 5.71 Å². The summed E-state index contributed by atoms with van der Waals surface area (Å²) in [4.78, 5) is 9.72. The van der Waals surface area contributed by atoms with Crippen molar-refractivity contribution in [1.29, 1.82) is 0 Å². The summed E-state index contributed by atoms with van der Waals surface area (Å²) in [5, 5.41) is 2.02. The van der Waals surface area contributed by atoms with Crippen LogP contribution in [0.15, 0.2) is 144 Å². The Morgan fingerprint density at radius 1 is 0.525 bits per heavy atom. The number of rotatable bonds is 4. The third-order valence-electron chi connectivity index (χ3n) is 7.51. The average molecular weight is 514 g/mol. The molecule has 0 unspecified atom stereocenters. The third kappa shape index (κ3) is 3.47. The van der Waals surface area contributed by atoms with E-state index in [9.17, 15) is 0 Å². The molecular weight excluding hydrogens is 490 g/mol. The van der Waals surface area contributed by atoms with Crippen LogP contribution in [0.4, 0.5) is 0 Å². The van der Waals surface area contributed by atoms with Crippen molar-refractivity contribution in [1.82, 2.24) is 14.5 Å². The van der Waals surface area contributed by atoms with Crippen LogP contribution in [0.2, 0.25) is 0 Å². The van der Waals surface area contributed by atoms with Crippen LogP contribution in [-0.4, -0.2) is 14.5 Å². The van der Waals surface area contributed by atoms with E-state index in [0.717, 1.165) is 66.7 Å². The largest absolute Gasteiger partial charge is 0.437 e. The Bertz CT molecular complexity index is 2100. The van der Waals surface area contributed by atoms with Crippen LogP contribution < -0.4 is 0 Å². The van der Waals surface area contributed by atoms with Gasteiger partial charge in [0.25, 0.3) is 0 Å². The number of hydrogen-bond donors (Lipinski definition) is 0. The van der Waals surface area contributed by atoms with E-state index in [2.05, 4.69) is 131 Å². The van der Waals surface area contributed by atoms with Crippen molar-refractivity contribution in [2.75, 3.05) is 0 Å². The number of aromatic nitrogens is 3. The summed E-state index contributed by atoms with van der Waals surface area (Å²) < 4.78 is 8.69. The highest BCUT2D eigenvalue weighted by atomic mass is 16.3. The van der Waals surface area contributed by atoms with Gasteiger partial charge in [0.15, 0.2) is 0 Å². The topological polar surface area (TPSA) is 43.9 Å². The first-order chi connectivity index (χ1) is 19.9. The van der Waals surface area contributed by atoms with Crippen LogP contribution in [0.25, 0.3) is 72.4 Å². The average Bonchev–Trinajstić information content (AvgIpc) is 3.60. The van der Waals surface area contributed by atoms with Crippen molar-refractivity contribution in [2.24, 2.45) is 0 Å². The monoisotopic (exact) mass is 513 g/mol. The number of nitrogens with zero attached hydrogens (tertiary/aromatic N) is 3. The molecule has 0 aliphatic heterocycles. The Kier molecular flexibility index (Phi) is 5.10. The Balaban J connectivity index is 1.52. The lowest BCUT2D eigenvalue weighted by atomic mass is 9.95. The van der Waals surface area contributed by atoms with E-state index in [-0.39, 0.29) is 0 Å². The van der Waals surface area contributed by atoms with Crippen molar-refractivity contribution in [2.45, 2.75) is 0 Å². The molecule has 4 heteroatoms. The fourth-order valence-corrected chi connectivity index (χ4v) is 5.73. The molecule has 8 aromatic rings. The number of para-hydroxylation sites is 4. The molecule has 4 nitrogen and oxygen atoms in total. The van der Waals surface area contributed by atoms with Crippen molar-refractivity contribution < 1.29 is 4.42 Å². The highest BCUT2D eigenvalue weighted by Gasteiger charge is 2.23. The van der Waals surface area contributed by atoms with E-state index in [1.807, 2.05) is 12.1 Å². The maximum absolute atomic E-state index is 6.39. The molecule has 0 radical (unpaired) electrons. The van der Waals surface area contributed by atoms with Gasteiger partial charge in [0, 0.05) is 28.1 Å². The van der Waals surface area contributed by atoms with Crippen LogP contribution in [0.3, 0.4) is 0 Å². The number of furan rings is 1. The zero-order chi connectivity index (χ0) is 26.5. The second-order valence-corrected chi connectivity index (χ2v) is 9.83. The number of fused-ring (bicyclic) bond motifs is 4. The molecule has 5 aromatic carbocycles. The fraction of sp³-hybridized carbons (Fsp3) is 0. The minimum Gasteiger partial charge on any atom is -0.437 e. The van der Waals surface area contributed by atoms with Gasteiger partial charge in [-0.1, -0.05) is 103 Å². The smallest absolute Gasteiger partial charge is 0.227 e. The van der Waals surface area contributed by atoms with E-state index >= 15 is 0 Å². The van der Waals surface area contributed by atoms with Gasteiger partial charge in [0.1, 0.15) is 11.4 Å². The van der Waals surface area contributed by atoms with Gasteiger partial charge in [0.05, 0.1) is 22.3 Å². The molecule has 0 N–H and O–H groups in total. The molecule has 0 fully saturated rings. The predicted molar refractivity (Wildman–Crippen MR) is 162 cm³/mol. The summed E-state index contributed by atoms with van der Waals surface area (Å²) in [6.45, 7) is 0. The van der Waals surface area contributed by atoms with Gasteiger partial charge in [-0.05, 0) is 41.5 Å². The minimum absolute atomic E-state index is 0.627. The molecule has 3 aromatic heterocycles. The lowest BCUT2D eigenvalue weighted by Gasteiger charge is -2.19. The Labute approximate surface area is 230 Å². The first-order valence-corrected chi connectivity index (χ1v) is 13.4. The Hall–Kier alpha value is -5.48. The van der Waals surface area contributed by atoms with Crippen LogP contribution in [-0.2, 0) is 0 Å². The molecule has 0 aliphatic carbocycles. The van der Waals surface area contributed by atoms with Gasteiger partial charge in [-0.15, -0.1) is 0 Å². The second-order valence-electron chi connectivity index (χ2n) is 9.83. The Morgan fingerprint density at radius 2 is 1.15 bits per heavy atom. The predicted octanol–water partition coefficient (Wildman–Crippen LogP) is 9.32. The van der Waals surface area contributed by atoms with Gasteiger partial charge < -0.3 is 4.42 Å². The van der Waals surface area contributed by atoms with Crippen molar-refractivity contribution in [3.63, 3.8) is 0 Å². The summed E-state index contributed by atoms with van der Waals surface area (Å²) in [5.41, 5.74) is 9.91. The number of benzene rings is 5. The highest BCUT2D eigenvalue weighted by Crippen LogP contribution is 2.42. The molecule has 188 valence electrons. The van der Waals surface area contributed by atoms with Gasteiger partial charge in [-0.3, -0.25) is 4.57 Å². The molecule has 0 bridgehead atoms. The SMILES string of the molecule is c1ccc(-c2cccc(-c3ccccc3)c2-n2c(-c3cccc4c3oc3ncccc34)nc3ccccc32)cc1. The van der Waals surface area contributed by atoms with Crippen LogP contribution in [0, 0.1) is 0 Å². The highest BCUT2D eigenvalue weighted by molar-refractivity contribution is 6.08. The molecular formula is C36H23N3O. The maximum atomic E-state index is 6.39. The van der Waals surface area contributed by atoms with Crippen LogP contribution in [0.5, 0.6) is 0 Å². The number of pyridine rings is 1. The van der Waals surface area contributed by atoms with Crippen molar-refractivity contribution in [3.8, 4) is 39.3 Å². The molecule has 0 spiro atoms. The first-order valence-electron chi connectivity index (χ1n) is 13.4. The van der Waals surface area contributed by atoms with Gasteiger partial charge in [0.2, 0.25) is 5.71 Å². The van der Waals surface area contributed by atoms with E-state index in [1.54, 1.807) is 6.20 Å². The number of imidazole rings is 1. The van der Waals surface area contributed by atoms with E-state index < -0.39 is 0 Å². The molecule has 40 heavy (non-hydrogen) atoms. The summed E-state index contributed by atoms with van der Waals surface area (Å²) >= 11 is 0. The summed E-state index contributed by atoms with van der Waals surface area (Å²) in [6, 6.07) is 46.2. The fourth-order valence-electron chi connectivity index (χ4n) is 5.73. The summed E-state index contributed by atoms with van der Waals surface area (Å²) in [5.74, 6) is 0.825. The third-order valence-corrected chi connectivity index (χ3v) is 7.51. The molecule has 0 atom stereocenters. The van der Waals surface area contributed by atoms with Crippen LogP contribution >= 0.6 is 0 Å². The molecule has 0 aliphatic rings. The van der Waals surface area contributed by atoms with Crippen molar-refractivity contribution in [3.05, 3.63) is 140 Å². The van der Waals surface area contributed by atoms with E-state index in [4.69, 9.17) is 9.40 Å². The van der Waals surface area contributed by atoms with Crippen LogP contribution in [0.1, 0.15) is 0 Å². The summed E-state index contributed by atoms with van der Waals surface area (Å²) in [7, 11) is 0. The second kappa shape index (κ2) is 9.07. The minimum atomic E-state index is 0.627. The molecule has 0 amide bonds. The van der Waals surface area contributed by atoms with E-state index in [1.165, 1.54) is 0 Å². The lowest BCUT2D eigenvalue weighted by molar-refractivity contribution is 0.654. The van der Waals surface area contributed by atoms with Gasteiger partial charge >= 0.3 is 0 Å². The zero-order valence-corrected chi connectivity index (χ0v) is 21.5. The maximum Gasteiger partial charge on any atom is 0.227 e. The quantitative estimate of drug-likeness (QED) is 0.235. The van der Waals surface area contributed by atoms with Crippen molar-refractivity contribution >= 4 is 33.1 Å². The molecule has 0 saturated carbocycles.